The molecule has 1 saturated carbocycles. The number of aromatic nitrogens is 2. The molecule has 1 amide bonds. The van der Waals surface area contributed by atoms with Gasteiger partial charge < -0.3 is 5.32 Å². The Balaban J connectivity index is 1.76. The van der Waals surface area contributed by atoms with Crippen LogP contribution in [0.4, 0.5) is 5.82 Å². The Kier molecular flexibility index (Phi) is 7.57. The zero-order valence-corrected chi connectivity index (χ0v) is 20.3. The number of rotatable bonds is 8. The van der Waals surface area contributed by atoms with E-state index in [0.29, 0.717) is 11.6 Å². The molecule has 1 heterocycles. The molecule has 1 atom stereocenters. The summed E-state index contributed by atoms with van der Waals surface area (Å²) in [6.07, 6.45) is 9.23. The molecular weight excluding hydrogens is 474 g/mol. The first kappa shape index (κ1) is 24.6. The number of nitrogens with zero attached hydrogens (tertiary/aromatic N) is 2. The highest BCUT2D eigenvalue weighted by molar-refractivity contribution is 7.90. The topological polar surface area (TPSA) is 123 Å². The Labute approximate surface area is 193 Å². The summed E-state index contributed by atoms with van der Waals surface area (Å²) in [7, 11) is -6.66. The molecule has 1 aliphatic carbocycles. The van der Waals surface area contributed by atoms with E-state index in [2.05, 4.69) is 15.3 Å². The summed E-state index contributed by atoms with van der Waals surface area (Å²) in [5.74, 6) is -0.0502. The van der Waals surface area contributed by atoms with Gasteiger partial charge in [-0.3, -0.25) is 9.78 Å². The molecule has 2 aromatic rings. The number of halogens is 1. The van der Waals surface area contributed by atoms with Crippen molar-refractivity contribution in [1.82, 2.24) is 9.97 Å². The van der Waals surface area contributed by atoms with Crippen LogP contribution in [-0.4, -0.2) is 45.2 Å². The van der Waals surface area contributed by atoms with Gasteiger partial charge in [0.05, 0.1) is 33.8 Å². The molecule has 8 nitrogen and oxygen atoms in total. The Hall–Kier alpha value is -2.04. The Morgan fingerprint density at radius 1 is 1.12 bits per heavy atom. The van der Waals surface area contributed by atoms with Crippen LogP contribution >= 0.6 is 11.6 Å². The van der Waals surface area contributed by atoms with E-state index in [4.69, 9.17) is 11.6 Å². The lowest BCUT2D eigenvalue weighted by Gasteiger charge is -2.24. The van der Waals surface area contributed by atoms with E-state index >= 15 is 0 Å². The number of carbonyl (C=O) groups is 1. The van der Waals surface area contributed by atoms with Crippen molar-refractivity contribution in [2.75, 3.05) is 17.8 Å². The van der Waals surface area contributed by atoms with Crippen LogP contribution in [0.25, 0.3) is 0 Å². The normalized spacial score (nSPS) is 16.1. The lowest BCUT2D eigenvalue weighted by molar-refractivity contribution is -0.116. The second kappa shape index (κ2) is 9.84. The molecule has 11 heteroatoms. The molecule has 1 aliphatic rings. The van der Waals surface area contributed by atoms with Crippen LogP contribution < -0.4 is 5.32 Å². The lowest BCUT2D eigenvalue weighted by atomic mass is 9.82. The summed E-state index contributed by atoms with van der Waals surface area (Å²) in [6, 6.07) is 4.88. The molecule has 0 aliphatic heterocycles. The highest BCUT2D eigenvalue weighted by Crippen LogP contribution is 2.40. The molecule has 0 unspecified atom stereocenters. The van der Waals surface area contributed by atoms with Gasteiger partial charge in [0.15, 0.2) is 25.5 Å². The van der Waals surface area contributed by atoms with E-state index in [0.717, 1.165) is 43.8 Å². The van der Waals surface area contributed by atoms with Crippen LogP contribution in [0.3, 0.4) is 0 Å². The summed E-state index contributed by atoms with van der Waals surface area (Å²) in [4.78, 5) is 21.0. The quantitative estimate of drug-likeness (QED) is 0.590. The van der Waals surface area contributed by atoms with Crippen molar-refractivity contribution < 1.29 is 21.6 Å². The average molecular weight is 500 g/mol. The molecule has 174 valence electrons. The van der Waals surface area contributed by atoms with Crippen LogP contribution in [0.1, 0.15) is 49.3 Å². The molecule has 0 bridgehead atoms. The predicted octanol–water partition coefficient (Wildman–Crippen LogP) is 3.38. The van der Waals surface area contributed by atoms with Crippen molar-refractivity contribution in [3.05, 3.63) is 46.9 Å². The van der Waals surface area contributed by atoms with E-state index in [1.54, 1.807) is 12.1 Å². The van der Waals surface area contributed by atoms with Gasteiger partial charge in [-0.2, -0.15) is 0 Å². The van der Waals surface area contributed by atoms with Crippen LogP contribution in [0, 0.1) is 5.92 Å². The highest BCUT2D eigenvalue weighted by atomic mass is 35.5. The molecule has 1 aromatic carbocycles. The third-order valence-electron chi connectivity index (χ3n) is 5.54. The van der Waals surface area contributed by atoms with Gasteiger partial charge in [0.2, 0.25) is 5.91 Å². The maximum Gasteiger partial charge on any atom is 0.226 e. The molecule has 1 aromatic heterocycles. The number of hydrogen-bond acceptors (Lipinski definition) is 7. The third kappa shape index (κ3) is 6.73. The van der Waals surface area contributed by atoms with Crippen molar-refractivity contribution in [1.29, 1.82) is 0 Å². The Bertz CT molecular complexity index is 1190. The standard InChI is InChI=1S/C21H26ClN3O5S2/c1-31(27,28)13-16-11-24-20(12-23-16)25-21(26)10-17(14-5-3-4-6-14)15-7-8-19(18(22)9-15)32(2,29)30/h7-9,11-12,14,17H,3-6,10,13H2,1-2H3,(H,24,25,26)/t17-/m1/s1. The number of carbonyl (C=O) groups excluding carboxylic acids is 1. The van der Waals surface area contributed by atoms with E-state index in [-0.39, 0.29) is 39.7 Å². The van der Waals surface area contributed by atoms with Crippen molar-refractivity contribution in [3.63, 3.8) is 0 Å². The summed E-state index contributed by atoms with van der Waals surface area (Å²) in [5.41, 5.74) is 1.13. The molecular formula is C21H26ClN3O5S2. The summed E-state index contributed by atoms with van der Waals surface area (Å²) < 4.78 is 46.5. The summed E-state index contributed by atoms with van der Waals surface area (Å²) in [6.45, 7) is 0. The molecule has 0 radical (unpaired) electrons. The molecule has 1 N–H and O–H groups in total. The maximum absolute atomic E-state index is 12.8. The SMILES string of the molecule is CS(=O)(=O)Cc1cnc(NC(=O)C[C@@H](c2ccc(S(C)(=O)=O)c(Cl)c2)C2CCCC2)cn1. The lowest BCUT2D eigenvalue weighted by Crippen LogP contribution is -2.21. The molecule has 0 saturated heterocycles. The fourth-order valence-corrected chi connectivity index (χ4v) is 6.15. The zero-order chi connectivity index (χ0) is 23.5. The zero-order valence-electron chi connectivity index (χ0n) is 17.9. The van der Waals surface area contributed by atoms with Crippen LogP contribution in [0.5, 0.6) is 0 Å². The number of hydrogen-bond donors (Lipinski definition) is 1. The first-order valence-electron chi connectivity index (χ1n) is 10.2. The minimum atomic E-state index is -3.44. The van der Waals surface area contributed by atoms with Gasteiger partial charge in [-0.15, -0.1) is 0 Å². The number of anilines is 1. The molecule has 3 rings (SSSR count). The Morgan fingerprint density at radius 2 is 1.81 bits per heavy atom. The first-order chi connectivity index (χ1) is 14.9. The van der Waals surface area contributed by atoms with Gasteiger partial charge in [0.25, 0.3) is 0 Å². The van der Waals surface area contributed by atoms with E-state index in [9.17, 15) is 21.6 Å². The van der Waals surface area contributed by atoms with E-state index in [1.807, 2.05) is 0 Å². The van der Waals surface area contributed by atoms with Gasteiger partial charge in [0, 0.05) is 18.9 Å². The smallest absolute Gasteiger partial charge is 0.226 e. The van der Waals surface area contributed by atoms with Crippen LogP contribution in [0.15, 0.2) is 35.5 Å². The second-order valence-corrected chi connectivity index (χ2v) is 12.9. The maximum atomic E-state index is 12.8. The first-order valence-corrected chi connectivity index (χ1v) is 14.5. The average Bonchev–Trinajstić information content (AvgIpc) is 3.20. The van der Waals surface area contributed by atoms with Gasteiger partial charge >= 0.3 is 0 Å². The summed E-state index contributed by atoms with van der Waals surface area (Å²) in [5, 5.41) is 2.87. The van der Waals surface area contributed by atoms with E-state index in [1.165, 1.54) is 18.5 Å². The van der Waals surface area contributed by atoms with Gasteiger partial charge in [-0.25, -0.2) is 21.8 Å². The van der Waals surface area contributed by atoms with Crippen molar-refractivity contribution in [2.24, 2.45) is 5.92 Å². The minimum Gasteiger partial charge on any atom is -0.309 e. The fourth-order valence-electron chi connectivity index (χ4n) is 4.12. The van der Waals surface area contributed by atoms with Crippen molar-refractivity contribution >= 4 is 43.0 Å². The van der Waals surface area contributed by atoms with Gasteiger partial charge in [-0.1, -0.05) is 30.5 Å². The molecule has 0 spiro atoms. The predicted molar refractivity (Wildman–Crippen MR) is 123 cm³/mol. The van der Waals surface area contributed by atoms with Crippen molar-refractivity contribution in [3.8, 4) is 0 Å². The van der Waals surface area contributed by atoms with E-state index < -0.39 is 19.7 Å². The molecule has 32 heavy (non-hydrogen) atoms. The highest BCUT2D eigenvalue weighted by Gasteiger charge is 2.29. The largest absolute Gasteiger partial charge is 0.309 e. The number of sulfone groups is 2. The summed E-state index contributed by atoms with van der Waals surface area (Å²) >= 11 is 6.25. The Morgan fingerprint density at radius 3 is 2.34 bits per heavy atom. The van der Waals surface area contributed by atoms with Crippen LogP contribution in [-0.2, 0) is 30.2 Å². The number of benzene rings is 1. The van der Waals surface area contributed by atoms with Gasteiger partial charge in [0.1, 0.15) is 0 Å². The van der Waals surface area contributed by atoms with Crippen molar-refractivity contribution in [2.45, 2.75) is 48.7 Å². The minimum absolute atomic E-state index is 0.0713. The monoisotopic (exact) mass is 499 g/mol. The van der Waals surface area contributed by atoms with Gasteiger partial charge in [-0.05, 0) is 42.4 Å². The molecule has 1 fully saturated rings. The number of nitrogens with one attached hydrogen (secondary N) is 1. The van der Waals surface area contributed by atoms with Crippen LogP contribution in [0.2, 0.25) is 5.02 Å². The fraction of sp³-hybridized carbons (Fsp3) is 0.476. The third-order valence-corrected chi connectivity index (χ3v) is 7.94. The second-order valence-electron chi connectivity index (χ2n) is 8.33. The number of amides is 1.